The molecule has 1 aliphatic heterocycles. The van der Waals surface area contributed by atoms with Crippen molar-refractivity contribution in [3.63, 3.8) is 0 Å². The van der Waals surface area contributed by atoms with Crippen molar-refractivity contribution in [3.8, 4) is 0 Å². The van der Waals surface area contributed by atoms with Gasteiger partial charge in [-0.1, -0.05) is 24.3 Å². The molecular formula is C16H14F3NO2S. The standard InChI is InChI=1S/C16H14F3NO2S/c1-11-9-12-5-2-3-8-15(12)20(11)23(21,22)14-7-4-6-13(10-14)16(17,18)19/h2-8,10-11H,9H2,1H3/t11-/m0/s1. The zero-order valence-electron chi connectivity index (χ0n) is 12.2. The molecule has 2 aromatic rings. The van der Waals surface area contributed by atoms with E-state index < -0.39 is 21.8 Å². The van der Waals surface area contributed by atoms with Gasteiger partial charge in [0.1, 0.15) is 0 Å². The van der Waals surface area contributed by atoms with Gasteiger partial charge in [-0.15, -0.1) is 0 Å². The molecule has 0 aliphatic carbocycles. The van der Waals surface area contributed by atoms with Crippen molar-refractivity contribution in [1.29, 1.82) is 0 Å². The number of fused-ring (bicyclic) bond motifs is 1. The number of anilines is 1. The van der Waals surface area contributed by atoms with Gasteiger partial charge in [-0.2, -0.15) is 13.2 Å². The summed E-state index contributed by atoms with van der Waals surface area (Å²) in [5, 5.41) is 0. The van der Waals surface area contributed by atoms with E-state index in [1.165, 1.54) is 10.4 Å². The van der Waals surface area contributed by atoms with E-state index in [0.717, 1.165) is 17.7 Å². The molecule has 1 atom stereocenters. The first-order valence-electron chi connectivity index (χ1n) is 7.01. The van der Waals surface area contributed by atoms with Gasteiger partial charge in [-0.3, -0.25) is 4.31 Å². The Bertz CT molecular complexity index is 846. The number of halogens is 3. The highest BCUT2D eigenvalue weighted by Gasteiger charge is 2.37. The largest absolute Gasteiger partial charge is 0.416 e. The van der Waals surface area contributed by atoms with Crippen molar-refractivity contribution < 1.29 is 21.6 Å². The van der Waals surface area contributed by atoms with Crippen LogP contribution in [0.5, 0.6) is 0 Å². The molecule has 0 saturated carbocycles. The first-order chi connectivity index (χ1) is 10.7. The number of benzene rings is 2. The van der Waals surface area contributed by atoms with E-state index in [1.807, 2.05) is 12.1 Å². The molecule has 0 saturated heterocycles. The molecule has 0 bridgehead atoms. The van der Waals surface area contributed by atoms with Crippen LogP contribution in [-0.4, -0.2) is 14.5 Å². The fraction of sp³-hybridized carbons (Fsp3) is 0.250. The molecule has 0 unspecified atom stereocenters. The minimum atomic E-state index is -4.58. The summed E-state index contributed by atoms with van der Waals surface area (Å²) in [6.45, 7) is 1.74. The van der Waals surface area contributed by atoms with Gasteiger partial charge in [0.05, 0.1) is 16.1 Å². The summed E-state index contributed by atoms with van der Waals surface area (Å²) in [5.74, 6) is 0. The lowest BCUT2D eigenvalue weighted by Gasteiger charge is -2.24. The van der Waals surface area contributed by atoms with Crippen molar-refractivity contribution in [3.05, 3.63) is 59.7 Å². The van der Waals surface area contributed by atoms with Crippen LogP contribution in [0.25, 0.3) is 0 Å². The Morgan fingerprint density at radius 3 is 2.48 bits per heavy atom. The van der Waals surface area contributed by atoms with Gasteiger partial charge < -0.3 is 0 Å². The fourth-order valence-corrected chi connectivity index (χ4v) is 4.59. The number of para-hydroxylation sites is 1. The van der Waals surface area contributed by atoms with Crippen molar-refractivity contribution in [2.24, 2.45) is 0 Å². The maximum Gasteiger partial charge on any atom is 0.416 e. The summed E-state index contributed by atoms with van der Waals surface area (Å²) in [5.41, 5.74) is 0.423. The topological polar surface area (TPSA) is 37.4 Å². The smallest absolute Gasteiger partial charge is 0.263 e. The Kier molecular flexibility index (Phi) is 3.63. The Hall–Kier alpha value is -2.02. The average Bonchev–Trinajstić information content (AvgIpc) is 2.83. The highest BCUT2D eigenvalue weighted by atomic mass is 32.2. The van der Waals surface area contributed by atoms with E-state index in [9.17, 15) is 21.6 Å². The third-order valence-corrected chi connectivity index (χ3v) is 5.79. The third kappa shape index (κ3) is 2.69. The number of hydrogen-bond acceptors (Lipinski definition) is 2. The molecule has 0 fully saturated rings. The third-order valence-electron chi connectivity index (χ3n) is 3.86. The molecule has 1 heterocycles. The number of rotatable bonds is 2. The van der Waals surface area contributed by atoms with Crippen LogP contribution in [0.4, 0.5) is 18.9 Å². The second-order valence-corrected chi connectivity index (χ2v) is 7.32. The number of hydrogen-bond donors (Lipinski definition) is 0. The Morgan fingerprint density at radius 2 is 1.78 bits per heavy atom. The van der Waals surface area contributed by atoms with E-state index in [0.29, 0.717) is 18.2 Å². The summed E-state index contributed by atoms with van der Waals surface area (Å²) >= 11 is 0. The van der Waals surface area contributed by atoms with Crippen LogP contribution in [0.2, 0.25) is 0 Å². The maximum atomic E-state index is 12.8. The fourth-order valence-electron chi connectivity index (χ4n) is 2.85. The molecule has 7 heteroatoms. The van der Waals surface area contributed by atoms with Gasteiger partial charge in [-0.05, 0) is 43.2 Å². The molecule has 0 spiro atoms. The SMILES string of the molecule is C[C@H]1Cc2ccccc2N1S(=O)(=O)c1cccc(C(F)(F)F)c1. The minimum Gasteiger partial charge on any atom is -0.263 e. The predicted molar refractivity (Wildman–Crippen MR) is 80.7 cm³/mol. The maximum absolute atomic E-state index is 12.8. The zero-order chi connectivity index (χ0) is 16.8. The normalized spacial score (nSPS) is 18.1. The molecule has 2 aromatic carbocycles. The molecule has 0 N–H and O–H groups in total. The first kappa shape index (κ1) is 15.9. The number of sulfonamides is 1. The van der Waals surface area contributed by atoms with E-state index in [4.69, 9.17) is 0 Å². The van der Waals surface area contributed by atoms with Crippen molar-refractivity contribution in [1.82, 2.24) is 0 Å². The van der Waals surface area contributed by atoms with Crippen LogP contribution in [-0.2, 0) is 22.6 Å². The van der Waals surface area contributed by atoms with E-state index in [2.05, 4.69) is 0 Å². The first-order valence-corrected chi connectivity index (χ1v) is 8.45. The molecule has 1 aliphatic rings. The van der Waals surface area contributed by atoms with Crippen LogP contribution in [0.1, 0.15) is 18.1 Å². The zero-order valence-corrected chi connectivity index (χ0v) is 13.0. The molecule has 122 valence electrons. The quantitative estimate of drug-likeness (QED) is 0.832. The van der Waals surface area contributed by atoms with Gasteiger partial charge in [0.15, 0.2) is 0 Å². The summed E-state index contributed by atoms with van der Waals surface area (Å²) in [6, 6.07) is 10.5. The van der Waals surface area contributed by atoms with E-state index in [-0.39, 0.29) is 10.9 Å². The van der Waals surface area contributed by atoms with Crippen molar-refractivity contribution in [2.75, 3.05) is 4.31 Å². The van der Waals surface area contributed by atoms with Crippen LogP contribution < -0.4 is 4.31 Å². The van der Waals surface area contributed by atoms with Crippen LogP contribution in [0.15, 0.2) is 53.4 Å². The van der Waals surface area contributed by atoms with Gasteiger partial charge in [0.2, 0.25) is 0 Å². The second kappa shape index (κ2) is 5.26. The lowest BCUT2D eigenvalue weighted by Crippen LogP contribution is -2.35. The molecule has 3 nitrogen and oxygen atoms in total. The van der Waals surface area contributed by atoms with Crippen molar-refractivity contribution >= 4 is 15.7 Å². The molecular weight excluding hydrogens is 327 g/mol. The summed E-state index contributed by atoms with van der Waals surface area (Å²) in [6.07, 6.45) is -4.05. The number of nitrogens with zero attached hydrogens (tertiary/aromatic N) is 1. The lowest BCUT2D eigenvalue weighted by molar-refractivity contribution is -0.137. The molecule has 0 amide bonds. The average molecular weight is 341 g/mol. The van der Waals surface area contributed by atoms with Gasteiger partial charge in [0, 0.05) is 6.04 Å². The monoisotopic (exact) mass is 341 g/mol. The highest BCUT2D eigenvalue weighted by molar-refractivity contribution is 7.92. The predicted octanol–water partition coefficient (Wildman–Crippen LogP) is 3.85. The lowest BCUT2D eigenvalue weighted by atomic mass is 10.1. The second-order valence-electron chi connectivity index (χ2n) is 5.51. The van der Waals surface area contributed by atoms with Gasteiger partial charge >= 0.3 is 6.18 Å². The Morgan fingerprint density at radius 1 is 1.09 bits per heavy atom. The number of alkyl halides is 3. The molecule has 23 heavy (non-hydrogen) atoms. The van der Waals surface area contributed by atoms with Crippen LogP contribution >= 0.6 is 0 Å². The Balaban J connectivity index is 2.10. The van der Waals surface area contributed by atoms with E-state index in [1.54, 1.807) is 19.1 Å². The summed E-state index contributed by atoms with van der Waals surface area (Å²) < 4.78 is 65.4. The Labute approximate surface area is 132 Å². The minimum absolute atomic E-state index is 0.341. The van der Waals surface area contributed by atoms with Crippen LogP contribution in [0.3, 0.4) is 0 Å². The van der Waals surface area contributed by atoms with Crippen molar-refractivity contribution in [2.45, 2.75) is 30.5 Å². The molecule has 0 aromatic heterocycles. The summed E-state index contributed by atoms with van der Waals surface area (Å²) in [4.78, 5) is -0.351. The summed E-state index contributed by atoms with van der Waals surface area (Å²) in [7, 11) is -4.05. The van der Waals surface area contributed by atoms with Gasteiger partial charge in [0.25, 0.3) is 10.0 Å². The molecule has 0 radical (unpaired) electrons. The van der Waals surface area contributed by atoms with Crippen LogP contribution in [0, 0.1) is 0 Å². The highest BCUT2D eigenvalue weighted by Crippen LogP contribution is 2.37. The molecule has 3 rings (SSSR count). The van der Waals surface area contributed by atoms with E-state index >= 15 is 0 Å². The van der Waals surface area contributed by atoms with Gasteiger partial charge in [-0.25, -0.2) is 8.42 Å².